The molecule has 5 rings (SSSR count). The van der Waals surface area contributed by atoms with E-state index in [1.165, 1.54) is 0 Å². The number of allylic oxidation sites excluding steroid dienone is 2. The topological polar surface area (TPSA) is 35.5 Å². The summed E-state index contributed by atoms with van der Waals surface area (Å²) in [7, 11) is 1.66. The lowest BCUT2D eigenvalue weighted by molar-refractivity contribution is 0.104. The first kappa shape index (κ1) is 19.4. The van der Waals surface area contributed by atoms with E-state index in [1.807, 2.05) is 48.5 Å². The van der Waals surface area contributed by atoms with Gasteiger partial charge in [0.25, 0.3) is 0 Å². The van der Waals surface area contributed by atoms with Crippen molar-refractivity contribution in [1.29, 1.82) is 0 Å². The molecule has 1 heterocycles. The van der Waals surface area contributed by atoms with Gasteiger partial charge in [-0.15, -0.1) is 0 Å². The van der Waals surface area contributed by atoms with E-state index in [-0.39, 0.29) is 11.2 Å². The molecular weight excluding hydrogens is 384 g/mol. The van der Waals surface area contributed by atoms with Gasteiger partial charge in [-0.3, -0.25) is 4.79 Å². The number of ether oxygens (including phenoxy) is 2. The molecule has 1 aliphatic heterocycles. The molecule has 154 valence electrons. The molecule has 0 amide bonds. The number of benzene rings is 3. The number of methoxy groups -OCH3 is 1. The molecule has 0 bridgehead atoms. The maximum atomic E-state index is 13.0. The monoisotopic (exact) mass is 408 g/mol. The minimum Gasteiger partial charge on any atom is -0.497 e. The molecule has 2 aliphatic rings. The van der Waals surface area contributed by atoms with Gasteiger partial charge < -0.3 is 9.47 Å². The molecule has 3 heteroatoms. The van der Waals surface area contributed by atoms with Gasteiger partial charge >= 0.3 is 0 Å². The van der Waals surface area contributed by atoms with Gasteiger partial charge in [0.2, 0.25) is 0 Å². The zero-order valence-corrected chi connectivity index (χ0v) is 17.9. The first-order valence-corrected chi connectivity index (χ1v) is 10.5. The van der Waals surface area contributed by atoms with Crippen LogP contribution in [-0.4, -0.2) is 19.5 Å². The van der Waals surface area contributed by atoms with Crippen LogP contribution in [0.3, 0.4) is 0 Å². The highest BCUT2D eigenvalue weighted by atomic mass is 16.5. The van der Waals surface area contributed by atoms with E-state index in [9.17, 15) is 4.79 Å². The average molecular weight is 408 g/mol. The Morgan fingerprint density at radius 1 is 0.839 bits per heavy atom. The number of carbonyl (C=O) groups excluding carboxylic acids is 1. The summed E-state index contributed by atoms with van der Waals surface area (Å²) in [6, 6.07) is 24.2. The van der Waals surface area contributed by atoms with E-state index >= 15 is 0 Å². The Kier molecular flexibility index (Phi) is 4.55. The van der Waals surface area contributed by atoms with Crippen molar-refractivity contribution in [3.63, 3.8) is 0 Å². The summed E-state index contributed by atoms with van der Waals surface area (Å²) < 4.78 is 11.8. The summed E-state index contributed by atoms with van der Waals surface area (Å²) in [4.78, 5) is 13.0. The van der Waals surface area contributed by atoms with Crippen molar-refractivity contribution in [2.75, 3.05) is 13.7 Å². The van der Waals surface area contributed by atoms with Crippen LogP contribution >= 0.6 is 0 Å². The van der Waals surface area contributed by atoms with E-state index in [0.717, 1.165) is 50.5 Å². The lowest BCUT2D eigenvalue weighted by Gasteiger charge is -2.37. The standard InChI is InChI=1S/C28H24O3/c1-28(2)17-31-25-15-19(30-3)13-14-22(25)26(18-9-5-4-6-10-18)27-21-12-8-7-11-20(21)24(29)16-23(27)28/h4-16H,17H2,1-3H3/b27-26-. The Bertz CT molecular complexity index is 1250. The minimum absolute atomic E-state index is 0.0466. The molecule has 0 radical (unpaired) electrons. The molecule has 0 unspecified atom stereocenters. The van der Waals surface area contributed by atoms with Gasteiger partial charge in [0.05, 0.1) is 13.7 Å². The average Bonchev–Trinajstić information content (AvgIpc) is 2.79. The third-order valence-corrected chi connectivity index (χ3v) is 6.09. The van der Waals surface area contributed by atoms with Gasteiger partial charge in [0.1, 0.15) is 11.5 Å². The molecule has 0 spiro atoms. The molecule has 0 aromatic heterocycles. The third-order valence-electron chi connectivity index (χ3n) is 6.09. The van der Waals surface area contributed by atoms with Gasteiger partial charge in [0, 0.05) is 28.2 Å². The van der Waals surface area contributed by atoms with Crippen LogP contribution in [-0.2, 0) is 0 Å². The second-order valence-corrected chi connectivity index (χ2v) is 8.62. The van der Waals surface area contributed by atoms with Crippen LogP contribution in [0.25, 0.3) is 11.1 Å². The Morgan fingerprint density at radius 3 is 2.29 bits per heavy atom. The first-order chi connectivity index (χ1) is 15.0. The number of hydrogen-bond donors (Lipinski definition) is 0. The summed E-state index contributed by atoms with van der Waals surface area (Å²) >= 11 is 0. The molecule has 0 saturated carbocycles. The van der Waals surface area contributed by atoms with Gasteiger partial charge in [-0.25, -0.2) is 0 Å². The fourth-order valence-corrected chi connectivity index (χ4v) is 4.48. The largest absolute Gasteiger partial charge is 0.497 e. The number of hydrogen-bond acceptors (Lipinski definition) is 3. The van der Waals surface area contributed by atoms with Crippen LogP contribution in [0.15, 0.2) is 84.4 Å². The molecule has 0 N–H and O–H groups in total. The predicted octanol–water partition coefficient (Wildman–Crippen LogP) is 6.20. The number of rotatable bonds is 2. The van der Waals surface area contributed by atoms with Crippen LogP contribution in [0.4, 0.5) is 0 Å². The van der Waals surface area contributed by atoms with Crippen molar-refractivity contribution in [3.05, 3.63) is 107 Å². The fraction of sp³-hybridized carbons (Fsp3) is 0.179. The number of fused-ring (bicyclic) bond motifs is 4. The predicted molar refractivity (Wildman–Crippen MR) is 123 cm³/mol. The maximum Gasteiger partial charge on any atom is 0.186 e. The van der Waals surface area contributed by atoms with Crippen molar-refractivity contribution in [2.24, 2.45) is 5.41 Å². The zero-order valence-electron chi connectivity index (χ0n) is 17.9. The SMILES string of the molecule is COc1ccc2c(c1)OCC(C)(C)C1=CC(=O)c3ccccc3/C1=C/2c1ccccc1. The summed E-state index contributed by atoms with van der Waals surface area (Å²) in [6.45, 7) is 4.72. The highest BCUT2D eigenvalue weighted by Gasteiger charge is 2.37. The first-order valence-electron chi connectivity index (χ1n) is 10.5. The van der Waals surface area contributed by atoms with E-state index in [4.69, 9.17) is 9.47 Å². The second-order valence-electron chi connectivity index (χ2n) is 8.62. The molecule has 3 aromatic carbocycles. The quantitative estimate of drug-likeness (QED) is 0.507. The van der Waals surface area contributed by atoms with Crippen molar-refractivity contribution in [1.82, 2.24) is 0 Å². The van der Waals surface area contributed by atoms with E-state index in [0.29, 0.717) is 6.61 Å². The van der Waals surface area contributed by atoms with Crippen LogP contribution < -0.4 is 9.47 Å². The highest BCUT2D eigenvalue weighted by Crippen LogP contribution is 2.50. The lowest BCUT2D eigenvalue weighted by atomic mass is 9.70. The molecule has 0 fully saturated rings. The number of carbonyl (C=O) groups is 1. The van der Waals surface area contributed by atoms with Crippen molar-refractivity contribution in [3.8, 4) is 11.5 Å². The van der Waals surface area contributed by atoms with Gasteiger partial charge in [-0.1, -0.05) is 68.4 Å². The van der Waals surface area contributed by atoms with E-state index in [2.05, 4.69) is 38.1 Å². The summed E-state index contributed by atoms with van der Waals surface area (Å²) in [5.74, 6) is 1.59. The number of ketones is 1. The van der Waals surface area contributed by atoms with E-state index < -0.39 is 0 Å². The Morgan fingerprint density at radius 2 is 1.55 bits per heavy atom. The molecule has 3 nitrogen and oxygen atoms in total. The third kappa shape index (κ3) is 3.17. The highest BCUT2D eigenvalue weighted by molar-refractivity contribution is 6.19. The molecule has 0 atom stereocenters. The fourth-order valence-electron chi connectivity index (χ4n) is 4.48. The van der Waals surface area contributed by atoms with Crippen molar-refractivity contribution < 1.29 is 14.3 Å². The summed E-state index contributed by atoms with van der Waals surface area (Å²) in [5.41, 5.74) is 6.60. The summed E-state index contributed by atoms with van der Waals surface area (Å²) in [5, 5.41) is 0. The van der Waals surface area contributed by atoms with Gasteiger partial charge in [-0.05, 0) is 40.5 Å². The van der Waals surface area contributed by atoms with E-state index in [1.54, 1.807) is 13.2 Å². The smallest absolute Gasteiger partial charge is 0.186 e. The van der Waals surface area contributed by atoms with Crippen molar-refractivity contribution >= 4 is 16.9 Å². The Balaban J connectivity index is 1.95. The lowest BCUT2D eigenvalue weighted by Crippen LogP contribution is -2.29. The molecule has 1 aliphatic carbocycles. The zero-order chi connectivity index (χ0) is 21.6. The minimum atomic E-state index is -0.362. The maximum absolute atomic E-state index is 13.0. The molecular formula is C28H24O3. The van der Waals surface area contributed by atoms with Crippen LogP contribution in [0.1, 0.15) is 40.9 Å². The van der Waals surface area contributed by atoms with Crippen LogP contribution in [0.2, 0.25) is 0 Å². The molecule has 0 saturated heterocycles. The second kappa shape index (κ2) is 7.28. The van der Waals surface area contributed by atoms with Crippen LogP contribution in [0, 0.1) is 5.41 Å². The Hall–Kier alpha value is -3.59. The van der Waals surface area contributed by atoms with Gasteiger partial charge in [0.15, 0.2) is 5.78 Å². The van der Waals surface area contributed by atoms with Crippen LogP contribution in [0.5, 0.6) is 11.5 Å². The Labute approximate surface area is 182 Å². The van der Waals surface area contributed by atoms with Gasteiger partial charge in [-0.2, -0.15) is 0 Å². The molecule has 31 heavy (non-hydrogen) atoms. The summed E-state index contributed by atoms with van der Waals surface area (Å²) in [6.07, 6.45) is 1.80. The normalized spacial score (nSPS) is 19.1. The van der Waals surface area contributed by atoms with Crippen molar-refractivity contribution in [2.45, 2.75) is 13.8 Å². The molecule has 3 aromatic rings.